The normalized spacial score (nSPS) is 10.1. The van der Waals surface area contributed by atoms with Crippen LogP contribution in [0.2, 0.25) is 0 Å². The maximum absolute atomic E-state index is 10.7. The van der Waals surface area contributed by atoms with E-state index >= 15 is 0 Å². The van der Waals surface area contributed by atoms with E-state index in [1.165, 1.54) is 0 Å². The summed E-state index contributed by atoms with van der Waals surface area (Å²) in [7, 11) is 0. The van der Waals surface area contributed by atoms with E-state index in [-0.39, 0.29) is 0 Å². The van der Waals surface area contributed by atoms with Crippen LogP contribution in [0.3, 0.4) is 0 Å². The molecular weight excluding hydrogens is 228 g/mol. The van der Waals surface area contributed by atoms with Crippen LogP contribution in [0.25, 0.3) is 11.4 Å². The average Bonchev–Trinajstić information content (AvgIpc) is 2.74. The van der Waals surface area contributed by atoms with Crippen molar-refractivity contribution in [2.45, 2.75) is 0 Å². The number of aromatic nitrogens is 2. The van der Waals surface area contributed by atoms with Crippen LogP contribution in [0.5, 0.6) is 5.75 Å². The number of aromatic amines is 1. The van der Waals surface area contributed by atoms with Crippen molar-refractivity contribution >= 4 is 5.97 Å². The highest BCUT2D eigenvalue weighted by Crippen LogP contribution is 2.18. The molecular formula is C10H8N2O5. The molecule has 0 aliphatic heterocycles. The average molecular weight is 236 g/mol. The highest BCUT2D eigenvalue weighted by molar-refractivity contribution is 5.68. The molecule has 2 aromatic rings. The molecule has 1 aromatic heterocycles. The first-order chi connectivity index (χ1) is 8.15. The van der Waals surface area contributed by atoms with Crippen LogP contribution in [-0.4, -0.2) is 27.8 Å². The molecule has 17 heavy (non-hydrogen) atoms. The topological polar surface area (TPSA) is 105 Å². The van der Waals surface area contributed by atoms with Crippen LogP contribution in [-0.2, 0) is 4.79 Å². The van der Waals surface area contributed by atoms with Gasteiger partial charge in [0, 0.05) is 5.56 Å². The molecule has 0 saturated carbocycles. The summed E-state index contributed by atoms with van der Waals surface area (Å²) in [6, 6.07) is 6.41. The number of H-pyrrole nitrogens is 1. The Balaban J connectivity index is 2.13. The fraction of sp³-hybridized carbons (Fsp3) is 0.100. The van der Waals surface area contributed by atoms with E-state index in [2.05, 4.69) is 14.7 Å². The highest BCUT2D eigenvalue weighted by Gasteiger charge is 2.04. The lowest BCUT2D eigenvalue weighted by Gasteiger charge is -2.02. The van der Waals surface area contributed by atoms with Crippen molar-refractivity contribution in [1.82, 2.24) is 10.1 Å². The van der Waals surface area contributed by atoms with Gasteiger partial charge in [-0.3, -0.25) is 9.51 Å². The fourth-order valence-electron chi connectivity index (χ4n) is 1.21. The number of aliphatic carboxylic acids is 1. The number of nitrogens with zero attached hydrogens (tertiary/aromatic N) is 1. The minimum Gasteiger partial charge on any atom is -0.482 e. The van der Waals surface area contributed by atoms with Gasteiger partial charge in [0.2, 0.25) is 0 Å². The van der Waals surface area contributed by atoms with Gasteiger partial charge in [-0.25, -0.2) is 9.59 Å². The van der Waals surface area contributed by atoms with Crippen molar-refractivity contribution in [3.8, 4) is 17.1 Å². The first-order valence-electron chi connectivity index (χ1n) is 4.66. The van der Waals surface area contributed by atoms with E-state index in [4.69, 9.17) is 9.84 Å². The van der Waals surface area contributed by atoms with Crippen molar-refractivity contribution in [3.63, 3.8) is 0 Å². The fourth-order valence-corrected chi connectivity index (χ4v) is 1.21. The standard InChI is InChI=1S/C10H8N2O5/c13-8(14)5-16-7-3-1-6(2-4-7)9-11-10(15)17-12-9/h1-4H,5H2,(H,13,14)(H,11,12,15). The molecule has 0 spiro atoms. The zero-order valence-electron chi connectivity index (χ0n) is 8.54. The molecule has 0 aliphatic carbocycles. The maximum Gasteiger partial charge on any atom is 0.439 e. The van der Waals surface area contributed by atoms with Gasteiger partial charge in [0.15, 0.2) is 12.4 Å². The van der Waals surface area contributed by atoms with Crippen LogP contribution < -0.4 is 10.5 Å². The molecule has 1 aromatic carbocycles. The van der Waals surface area contributed by atoms with Crippen molar-refractivity contribution in [2.75, 3.05) is 6.61 Å². The summed E-state index contributed by atoms with van der Waals surface area (Å²) < 4.78 is 9.31. The van der Waals surface area contributed by atoms with Gasteiger partial charge >= 0.3 is 11.7 Å². The third-order valence-electron chi connectivity index (χ3n) is 1.93. The Hall–Kier alpha value is -2.57. The van der Waals surface area contributed by atoms with Gasteiger partial charge in [0.05, 0.1) is 0 Å². The summed E-state index contributed by atoms with van der Waals surface area (Å²) in [6.45, 7) is -0.403. The van der Waals surface area contributed by atoms with Gasteiger partial charge in [0.25, 0.3) is 0 Å². The van der Waals surface area contributed by atoms with Gasteiger partial charge in [0.1, 0.15) is 5.75 Å². The van der Waals surface area contributed by atoms with Gasteiger partial charge < -0.3 is 9.84 Å². The number of benzene rings is 1. The molecule has 88 valence electrons. The second kappa shape index (κ2) is 4.52. The smallest absolute Gasteiger partial charge is 0.439 e. The largest absolute Gasteiger partial charge is 0.482 e. The molecule has 0 saturated heterocycles. The molecule has 0 aliphatic rings. The summed E-state index contributed by atoms with van der Waals surface area (Å²) in [6.07, 6.45) is 0. The molecule has 1 heterocycles. The van der Waals surface area contributed by atoms with Crippen LogP contribution in [0.15, 0.2) is 33.6 Å². The minimum atomic E-state index is -1.05. The first-order valence-corrected chi connectivity index (χ1v) is 4.66. The van der Waals surface area contributed by atoms with Crippen LogP contribution in [0.1, 0.15) is 0 Å². The molecule has 2 N–H and O–H groups in total. The summed E-state index contributed by atoms with van der Waals surface area (Å²) in [5.41, 5.74) is 0.638. The zero-order chi connectivity index (χ0) is 12.3. The van der Waals surface area contributed by atoms with E-state index in [9.17, 15) is 9.59 Å². The summed E-state index contributed by atoms with van der Waals surface area (Å²) in [5.74, 6) is -0.956. The number of carboxylic acid groups (broad SMARTS) is 1. The van der Waals surface area contributed by atoms with Gasteiger partial charge in [-0.15, -0.1) is 0 Å². The van der Waals surface area contributed by atoms with Crippen molar-refractivity contribution < 1.29 is 19.2 Å². The number of hydrogen-bond donors (Lipinski definition) is 2. The number of hydrogen-bond acceptors (Lipinski definition) is 5. The molecule has 0 radical (unpaired) electrons. The minimum absolute atomic E-state index is 0.305. The predicted octanol–water partition coefficient (Wildman–Crippen LogP) is 0.493. The monoisotopic (exact) mass is 236 g/mol. The van der Waals surface area contributed by atoms with E-state index in [0.717, 1.165) is 0 Å². The Labute approximate surface area is 94.6 Å². The molecule has 7 heteroatoms. The maximum atomic E-state index is 10.7. The summed E-state index contributed by atoms with van der Waals surface area (Å²) in [5, 5.41) is 11.9. The number of carbonyl (C=O) groups is 1. The third kappa shape index (κ3) is 2.71. The number of ether oxygens (including phenoxy) is 1. The van der Waals surface area contributed by atoms with Crippen LogP contribution in [0, 0.1) is 0 Å². The van der Waals surface area contributed by atoms with Gasteiger partial charge in [-0.05, 0) is 24.3 Å². The molecule has 0 amide bonds. The Morgan fingerprint density at radius 3 is 2.65 bits per heavy atom. The zero-order valence-corrected chi connectivity index (χ0v) is 8.54. The molecule has 7 nitrogen and oxygen atoms in total. The van der Waals surface area contributed by atoms with Crippen molar-refractivity contribution in [1.29, 1.82) is 0 Å². The summed E-state index contributed by atoms with van der Waals surface area (Å²) in [4.78, 5) is 23.4. The second-order valence-corrected chi connectivity index (χ2v) is 3.15. The SMILES string of the molecule is O=C(O)COc1ccc(-c2noc(=O)[nH]2)cc1. The summed E-state index contributed by atoms with van der Waals surface area (Å²) >= 11 is 0. The molecule has 0 fully saturated rings. The van der Waals surface area contributed by atoms with E-state index < -0.39 is 18.3 Å². The van der Waals surface area contributed by atoms with Crippen molar-refractivity contribution in [2.24, 2.45) is 0 Å². The van der Waals surface area contributed by atoms with E-state index in [0.29, 0.717) is 17.1 Å². The first kappa shape index (κ1) is 10.9. The second-order valence-electron chi connectivity index (χ2n) is 3.15. The van der Waals surface area contributed by atoms with E-state index in [1.54, 1.807) is 24.3 Å². The molecule has 0 bridgehead atoms. The quantitative estimate of drug-likeness (QED) is 0.800. The molecule has 0 unspecified atom stereocenters. The van der Waals surface area contributed by atoms with Crippen LogP contribution in [0.4, 0.5) is 0 Å². The van der Waals surface area contributed by atoms with E-state index in [1.807, 2.05) is 0 Å². The number of carboxylic acids is 1. The van der Waals surface area contributed by atoms with Crippen LogP contribution >= 0.6 is 0 Å². The lowest BCUT2D eigenvalue weighted by molar-refractivity contribution is -0.139. The highest BCUT2D eigenvalue weighted by atomic mass is 16.5. The molecule has 2 rings (SSSR count). The Bertz CT molecular complexity index is 569. The predicted molar refractivity (Wildman–Crippen MR) is 55.7 cm³/mol. The van der Waals surface area contributed by atoms with Gasteiger partial charge in [-0.2, -0.15) is 0 Å². The van der Waals surface area contributed by atoms with Crippen molar-refractivity contribution in [3.05, 3.63) is 34.8 Å². The lowest BCUT2D eigenvalue weighted by Crippen LogP contribution is -2.09. The number of rotatable bonds is 4. The Morgan fingerprint density at radius 1 is 1.41 bits per heavy atom. The molecule has 0 atom stereocenters. The Morgan fingerprint density at radius 2 is 2.12 bits per heavy atom. The Kier molecular flexibility index (Phi) is 2.91. The van der Waals surface area contributed by atoms with Gasteiger partial charge in [-0.1, -0.05) is 5.16 Å². The number of nitrogens with one attached hydrogen (secondary N) is 1. The lowest BCUT2D eigenvalue weighted by atomic mass is 10.2. The third-order valence-corrected chi connectivity index (χ3v) is 1.93.